The number of ether oxygens (including phenoxy) is 1. The molecule has 1 aromatic rings. The van der Waals surface area contributed by atoms with E-state index >= 15 is 0 Å². The van der Waals surface area contributed by atoms with Gasteiger partial charge in [0.2, 0.25) is 5.82 Å². The summed E-state index contributed by atoms with van der Waals surface area (Å²) in [6.07, 6.45) is 0. The normalized spacial score (nSPS) is 9.73. The molecule has 0 aliphatic heterocycles. The molecule has 1 aromatic carbocycles. The zero-order valence-corrected chi connectivity index (χ0v) is 5.77. The second-order valence-electron chi connectivity index (χ2n) is 1.94. The van der Waals surface area contributed by atoms with Gasteiger partial charge < -0.3 is 9.84 Å². The molecule has 60 valence electrons. The molecule has 0 heterocycles. The third-order valence-corrected chi connectivity index (χ3v) is 1.22. The van der Waals surface area contributed by atoms with Crippen molar-refractivity contribution in [2.24, 2.45) is 0 Å². The first-order valence-electron chi connectivity index (χ1n) is 2.87. The van der Waals surface area contributed by atoms with Gasteiger partial charge in [0.25, 0.3) is 0 Å². The SMILES string of the molecule is COc1cc(O)c(F)c(F)c1. The predicted octanol–water partition coefficient (Wildman–Crippen LogP) is 1.68. The highest BCUT2D eigenvalue weighted by molar-refractivity contribution is 5.34. The first-order valence-corrected chi connectivity index (χ1v) is 2.87. The maximum atomic E-state index is 12.4. The molecule has 11 heavy (non-hydrogen) atoms. The molecule has 1 rings (SSSR count). The van der Waals surface area contributed by atoms with E-state index in [1.54, 1.807) is 0 Å². The van der Waals surface area contributed by atoms with Crippen molar-refractivity contribution in [2.45, 2.75) is 0 Å². The van der Waals surface area contributed by atoms with E-state index in [2.05, 4.69) is 4.74 Å². The summed E-state index contributed by atoms with van der Waals surface area (Å²) in [7, 11) is 1.30. The summed E-state index contributed by atoms with van der Waals surface area (Å²) in [5, 5.41) is 8.72. The van der Waals surface area contributed by atoms with Crippen LogP contribution in [0.2, 0.25) is 0 Å². The van der Waals surface area contributed by atoms with Crippen LogP contribution in [0.5, 0.6) is 11.5 Å². The second kappa shape index (κ2) is 2.74. The van der Waals surface area contributed by atoms with E-state index in [9.17, 15) is 8.78 Å². The van der Waals surface area contributed by atoms with Crippen LogP contribution in [0, 0.1) is 11.6 Å². The van der Waals surface area contributed by atoms with Crippen LogP contribution >= 0.6 is 0 Å². The molecule has 4 heteroatoms. The minimum absolute atomic E-state index is 0.0846. The van der Waals surface area contributed by atoms with E-state index < -0.39 is 17.4 Å². The van der Waals surface area contributed by atoms with Crippen molar-refractivity contribution in [3.05, 3.63) is 23.8 Å². The van der Waals surface area contributed by atoms with E-state index in [0.29, 0.717) is 0 Å². The smallest absolute Gasteiger partial charge is 0.200 e. The van der Waals surface area contributed by atoms with Crippen LogP contribution in [0.1, 0.15) is 0 Å². The van der Waals surface area contributed by atoms with Crippen LogP contribution in [-0.4, -0.2) is 12.2 Å². The topological polar surface area (TPSA) is 29.5 Å². The molecular formula is C7H6F2O2. The molecule has 0 saturated carbocycles. The summed E-state index contributed by atoms with van der Waals surface area (Å²) in [6.45, 7) is 0. The Morgan fingerprint density at radius 2 is 2.00 bits per heavy atom. The molecule has 2 nitrogen and oxygen atoms in total. The quantitative estimate of drug-likeness (QED) is 0.677. The average Bonchev–Trinajstić information content (AvgIpc) is 1.99. The molecule has 0 bridgehead atoms. The van der Waals surface area contributed by atoms with Crippen molar-refractivity contribution >= 4 is 0 Å². The summed E-state index contributed by atoms with van der Waals surface area (Å²) in [5.41, 5.74) is 0. The van der Waals surface area contributed by atoms with Gasteiger partial charge in [-0.3, -0.25) is 0 Å². The molecule has 0 atom stereocenters. The number of rotatable bonds is 1. The van der Waals surface area contributed by atoms with Gasteiger partial charge >= 0.3 is 0 Å². The molecule has 0 radical (unpaired) electrons. The Morgan fingerprint density at radius 3 is 2.45 bits per heavy atom. The number of phenolic OH excluding ortho intramolecular Hbond substituents is 1. The van der Waals surface area contributed by atoms with Gasteiger partial charge in [-0.15, -0.1) is 0 Å². The van der Waals surface area contributed by atoms with Crippen LogP contribution in [-0.2, 0) is 0 Å². The first-order chi connectivity index (χ1) is 5.15. The zero-order chi connectivity index (χ0) is 8.43. The van der Waals surface area contributed by atoms with E-state index in [-0.39, 0.29) is 5.75 Å². The van der Waals surface area contributed by atoms with Crippen molar-refractivity contribution in [3.8, 4) is 11.5 Å². The van der Waals surface area contributed by atoms with Gasteiger partial charge in [-0.2, -0.15) is 4.39 Å². The van der Waals surface area contributed by atoms with Crippen LogP contribution in [0.4, 0.5) is 8.78 Å². The lowest BCUT2D eigenvalue weighted by atomic mass is 10.3. The Morgan fingerprint density at radius 1 is 1.36 bits per heavy atom. The van der Waals surface area contributed by atoms with Crippen molar-refractivity contribution < 1.29 is 18.6 Å². The second-order valence-corrected chi connectivity index (χ2v) is 1.94. The Labute approximate surface area is 62.0 Å². The van der Waals surface area contributed by atoms with Gasteiger partial charge in [-0.1, -0.05) is 0 Å². The summed E-state index contributed by atoms with van der Waals surface area (Å²) < 4.78 is 29.3. The zero-order valence-electron chi connectivity index (χ0n) is 5.77. The first kappa shape index (κ1) is 7.78. The van der Waals surface area contributed by atoms with E-state index in [1.165, 1.54) is 7.11 Å². The van der Waals surface area contributed by atoms with Gasteiger partial charge in [-0.05, 0) is 0 Å². The van der Waals surface area contributed by atoms with Crippen molar-refractivity contribution in [2.75, 3.05) is 7.11 Å². The maximum Gasteiger partial charge on any atom is 0.200 e. The Balaban J connectivity index is 3.21. The summed E-state index contributed by atoms with van der Waals surface area (Å²) in [6, 6.07) is 1.85. The van der Waals surface area contributed by atoms with Gasteiger partial charge in [0.1, 0.15) is 5.75 Å². The molecule has 0 saturated heterocycles. The predicted molar refractivity (Wildman–Crippen MR) is 34.6 cm³/mol. The van der Waals surface area contributed by atoms with Gasteiger partial charge in [0.05, 0.1) is 7.11 Å². The molecule has 0 aliphatic carbocycles. The number of methoxy groups -OCH3 is 1. The highest BCUT2D eigenvalue weighted by Gasteiger charge is 2.09. The molecule has 0 spiro atoms. The third kappa shape index (κ3) is 1.39. The van der Waals surface area contributed by atoms with Crippen molar-refractivity contribution in [1.29, 1.82) is 0 Å². The van der Waals surface area contributed by atoms with Crippen molar-refractivity contribution in [1.82, 2.24) is 0 Å². The highest BCUT2D eigenvalue weighted by atomic mass is 19.2. The third-order valence-electron chi connectivity index (χ3n) is 1.22. The monoisotopic (exact) mass is 160 g/mol. The number of halogens is 2. The Kier molecular flexibility index (Phi) is 1.94. The Bertz CT molecular complexity index is 250. The van der Waals surface area contributed by atoms with E-state index in [0.717, 1.165) is 12.1 Å². The standard InChI is InChI=1S/C7H6F2O2/c1-11-4-2-5(8)7(9)6(10)3-4/h2-3,10H,1H3. The average molecular weight is 160 g/mol. The lowest BCUT2D eigenvalue weighted by molar-refractivity contribution is 0.379. The largest absolute Gasteiger partial charge is 0.505 e. The van der Waals surface area contributed by atoms with Gasteiger partial charge in [-0.25, -0.2) is 4.39 Å². The highest BCUT2D eigenvalue weighted by Crippen LogP contribution is 2.24. The number of phenols is 1. The molecular weight excluding hydrogens is 154 g/mol. The maximum absolute atomic E-state index is 12.4. The summed E-state index contributed by atoms with van der Waals surface area (Å²) >= 11 is 0. The van der Waals surface area contributed by atoms with Crippen LogP contribution in [0.15, 0.2) is 12.1 Å². The molecule has 0 amide bonds. The van der Waals surface area contributed by atoms with Crippen LogP contribution < -0.4 is 4.74 Å². The molecule has 0 aromatic heterocycles. The number of hydrogen-bond acceptors (Lipinski definition) is 2. The summed E-state index contributed by atoms with van der Waals surface area (Å²) in [5.74, 6) is -3.05. The number of hydrogen-bond donors (Lipinski definition) is 1. The molecule has 1 N–H and O–H groups in total. The van der Waals surface area contributed by atoms with E-state index in [1.807, 2.05) is 0 Å². The molecule has 0 unspecified atom stereocenters. The fourth-order valence-electron chi connectivity index (χ4n) is 0.668. The fraction of sp³-hybridized carbons (Fsp3) is 0.143. The van der Waals surface area contributed by atoms with Gasteiger partial charge in [0, 0.05) is 12.1 Å². The number of benzene rings is 1. The minimum Gasteiger partial charge on any atom is -0.505 e. The summed E-state index contributed by atoms with van der Waals surface area (Å²) in [4.78, 5) is 0. The van der Waals surface area contributed by atoms with Crippen molar-refractivity contribution in [3.63, 3.8) is 0 Å². The molecule has 0 aliphatic rings. The van der Waals surface area contributed by atoms with Gasteiger partial charge in [0.15, 0.2) is 11.6 Å². The minimum atomic E-state index is -1.26. The van der Waals surface area contributed by atoms with Crippen LogP contribution in [0.3, 0.4) is 0 Å². The van der Waals surface area contributed by atoms with Crippen LogP contribution in [0.25, 0.3) is 0 Å². The lowest BCUT2D eigenvalue weighted by Crippen LogP contribution is -1.88. The van der Waals surface area contributed by atoms with E-state index in [4.69, 9.17) is 5.11 Å². The Hall–Kier alpha value is -1.32. The molecule has 0 fully saturated rings. The fourth-order valence-corrected chi connectivity index (χ4v) is 0.668. The number of aromatic hydroxyl groups is 1. The lowest BCUT2D eigenvalue weighted by Gasteiger charge is -2.01.